The number of hydrogen-bond acceptors (Lipinski definition) is 6. The molecular formula is C18H19ClN2O6S. The minimum Gasteiger partial charge on any atom is -0.466 e. The molecule has 0 saturated carbocycles. The van der Waals surface area contributed by atoms with Gasteiger partial charge < -0.3 is 4.74 Å². The molecule has 0 aliphatic carbocycles. The number of rotatable bonds is 9. The van der Waals surface area contributed by atoms with Gasteiger partial charge in [-0.3, -0.25) is 14.9 Å². The van der Waals surface area contributed by atoms with E-state index in [9.17, 15) is 23.3 Å². The lowest BCUT2D eigenvalue weighted by Crippen LogP contribution is -2.33. The van der Waals surface area contributed by atoms with Crippen LogP contribution in [0, 0.1) is 10.1 Å². The second-order valence-electron chi connectivity index (χ2n) is 5.74. The van der Waals surface area contributed by atoms with Crippen LogP contribution in [0.2, 0.25) is 5.02 Å². The predicted molar refractivity (Wildman–Crippen MR) is 103 cm³/mol. The molecule has 0 atom stereocenters. The van der Waals surface area contributed by atoms with Crippen molar-refractivity contribution in [1.82, 2.24) is 4.31 Å². The highest BCUT2D eigenvalue weighted by atomic mass is 35.5. The lowest BCUT2D eigenvalue weighted by molar-refractivity contribution is -0.385. The van der Waals surface area contributed by atoms with E-state index >= 15 is 0 Å². The van der Waals surface area contributed by atoms with Gasteiger partial charge in [-0.2, -0.15) is 4.31 Å². The van der Waals surface area contributed by atoms with E-state index in [1.54, 1.807) is 31.2 Å². The smallest absolute Gasteiger partial charge is 0.307 e. The molecule has 0 N–H and O–H groups in total. The van der Waals surface area contributed by atoms with Gasteiger partial charge in [-0.15, -0.1) is 0 Å². The van der Waals surface area contributed by atoms with Gasteiger partial charge in [0.1, 0.15) is 0 Å². The minimum atomic E-state index is -4.12. The number of halogens is 1. The van der Waals surface area contributed by atoms with E-state index in [2.05, 4.69) is 0 Å². The normalized spacial score (nSPS) is 11.4. The Bertz CT molecular complexity index is 964. The van der Waals surface area contributed by atoms with E-state index in [0.29, 0.717) is 10.6 Å². The van der Waals surface area contributed by atoms with Crippen molar-refractivity contribution in [3.63, 3.8) is 0 Å². The number of carbonyl (C=O) groups excluding carboxylic acids is 1. The number of nitro benzene ring substituents is 1. The predicted octanol–water partition coefficient (Wildman–Crippen LogP) is 3.39. The van der Waals surface area contributed by atoms with Gasteiger partial charge in [-0.1, -0.05) is 35.9 Å². The van der Waals surface area contributed by atoms with E-state index in [1.807, 2.05) is 0 Å². The zero-order valence-corrected chi connectivity index (χ0v) is 16.6. The summed E-state index contributed by atoms with van der Waals surface area (Å²) in [6, 6.07) is 11.5. The van der Waals surface area contributed by atoms with Crippen molar-refractivity contribution >= 4 is 33.3 Å². The molecule has 0 saturated heterocycles. The highest BCUT2D eigenvalue weighted by Gasteiger charge is 2.27. The number of nitrogens with zero attached hydrogens (tertiary/aromatic N) is 2. The summed E-state index contributed by atoms with van der Waals surface area (Å²) < 4.78 is 32.1. The Balaban J connectivity index is 2.38. The van der Waals surface area contributed by atoms with Crippen LogP contribution in [0.1, 0.15) is 18.9 Å². The van der Waals surface area contributed by atoms with Gasteiger partial charge in [0, 0.05) is 30.2 Å². The first kappa shape index (κ1) is 21.8. The van der Waals surface area contributed by atoms with E-state index in [0.717, 1.165) is 10.4 Å². The minimum absolute atomic E-state index is 0.0932. The molecule has 0 unspecified atom stereocenters. The highest BCUT2D eigenvalue weighted by Crippen LogP contribution is 2.25. The Morgan fingerprint density at radius 2 is 1.93 bits per heavy atom. The maximum atomic E-state index is 13.1. The number of hydrogen-bond donors (Lipinski definition) is 0. The molecule has 0 aromatic heterocycles. The molecule has 0 radical (unpaired) electrons. The van der Waals surface area contributed by atoms with Crippen molar-refractivity contribution in [3.8, 4) is 0 Å². The van der Waals surface area contributed by atoms with Crippen LogP contribution < -0.4 is 0 Å². The maximum absolute atomic E-state index is 13.1. The molecule has 0 aliphatic heterocycles. The van der Waals surface area contributed by atoms with E-state index in [-0.39, 0.29) is 36.7 Å². The van der Waals surface area contributed by atoms with Crippen molar-refractivity contribution < 1.29 is 22.9 Å². The second kappa shape index (κ2) is 9.63. The summed E-state index contributed by atoms with van der Waals surface area (Å²) in [5.74, 6) is -0.541. The molecule has 28 heavy (non-hydrogen) atoms. The summed E-state index contributed by atoms with van der Waals surface area (Å²) in [6.07, 6.45) is -0.160. The molecule has 0 heterocycles. The van der Waals surface area contributed by atoms with E-state index < -0.39 is 20.9 Å². The molecule has 150 valence electrons. The zero-order valence-electron chi connectivity index (χ0n) is 15.1. The molecule has 2 rings (SSSR count). The monoisotopic (exact) mass is 426 g/mol. The first-order chi connectivity index (χ1) is 13.3. The average Bonchev–Trinajstić information content (AvgIpc) is 2.66. The van der Waals surface area contributed by atoms with Crippen molar-refractivity contribution in [1.29, 1.82) is 0 Å². The third-order valence-corrected chi connectivity index (χ3v) is 6.05. The molecule has 0 spiro atoms. The number of nitro groups is 1. The van der Waals surface area contributed by atoms with Gasteiger partial charge in [0.05, 0.1) is 22.8 Å². The summed E-state index contributed by atoms with van der Waals surface area (Å²) >= 11 is 6.14. The van der Waals surface area contributed by atoms with Gasteiger partial charge in [0.2, 0.25) is 10.0 Å². The fourth-order valence-electron chi connectivity index (χ4n) is 2.46. The van der Waals surface area contributed by atoms with Gasteiger partial charge in [-0.25, -0.2) is 8.42 Å². The summed E-state index contributed by atoms with van der Waals surface area (Å²) in [5.41, 5.74) is 0.200. The molecular weight excluding hydrogens is 408 g/mol. The van der Waals surface area contributed by atoms with Gasteiger partial charge in [0.15, 0.2) is 0 Å². The highest BCUT2D eigenvalue weighted by molar-refractivity contribution is 7.89. The molecule has 2 aromatic carbocycles. The third kappa shape index (κ3) is 5.51. The lowest BCUT2D eigenvalue weighted by Gasteiger charge is -2.22. The summed E-state index contributed by atoms with van der Waals surface area (Å²) in [6.45, 7) is 1.58. The molecule has 0 aliphatic rings. The molecule has 0 amide bonds. The van der Waals surface area contributed by atoms with Crippen LogP contribution in [0.3, 0.4) is 0 Å². The summed E-state index contributed by atoms with van der Waals surface area (Å²) in [5, 5.41) is 11.4. The van der Waals surface area contributed by atoms with Crippen LogP contribution in [0.5, 0.6) is 0 Å². The Kier molecular flexibility index (Phi) is 7.50. The molecule has 0 bridgehead atoms. The number of benzene rings is 2. The van der Waals surface area contributed by atoms with Crippen molar-refractivity contribution in [3.05, 3.63) is 69.2 Å². The Hall–Kier alpha value is -2.49. The largest absolute Gasteiger partial charge is 0.466 e. The number of esters is 1. The molecule has 0 fully saturated rings. The van der Waals surface area contributed by atoms with Gasteiger partial charge >= 0.3 is 5.97 Å². The van der Waals surface area contributed by atoms with Crippen molar-refractivity contribution in [2.75, 3.05) is 13.2 Å². The SMILES string of the molecule is CCOC(=O)CCN(Cc1ccccc1Cl)S(=O)(=O)c1cccc([N+](=O)[O-])c1. The van der Waals surface area contributed by atoms with E-state index in [4.69, 9.17) is 16.3 Å². The lowest BCUT2D eigenvalue weighted by atomic mass is 10.2. The summed E-state index contributed by atoms with van der Waals surface area (Å²) in [4.78, 5) is 21.8. The number of ether oxygens (including phenoxy) is 1. The standard InChI is InChI=1S/C18H19ClN2O6S/c1-2-27-18(22)10-11-20(13-14-6-3-4-9-17(14)19)28(25,26)16-8-5-7-15(12-16)21(23)24/h3-9,12H,2,10-11,13H2,1H3. The van der Waals surface area contributed by atoms with Crippen molar-refractivity contribution in [2.45, 2.75) is 24.8 Å². The number of non-ortho nitro benzene ring substituents is 1. The number of sulfonamides is 1. The topological polar surface area (TPSA) is 107 Å². The maximum Gasteiger partial charge on any atom is 0.307 e. The van der Waals surface area contributed by atoms with E-state index in [1.165, 1.54) is 18.2 Å². The van der Waals surface area contributed by atoms with Crippen LogP contribution in [0.15, 0.2) is 53.4 Å². The third-order valence-electron chi connectivity index (χ3n) is 3.84. The van der Waals surface area contributed by atoms with Crippen LogP contribution in [0.25, 0.3) is 0 Å². The average molecular weight is 427 g/mol. The van der Waals surface area contributed by atoms with Gasteiger partial charge in [-0.05, 0) is 24.6 Å². The van der Waals surface area contributed by atoms with Crippen LogP contribution in [0.4, 0.5) is 5.69 Å². The quantitative estimate of drug-likeness (QED) is 0.345. The van der Waals surface area contributed by atoms with Gasteiger partial charge in [0.25, 0.3) is 5.69 Å². The fraction of sp³-hybridized carbons (Fsp3) is 0.278. The Morgan fingerprint density at radius 1 is 1.21 bits per heavy atom. The first-order valence-corrected chi connectivity index (χ1v) is 10.2. The van der Waals surface area contributed by atoms with Crippen LogP contribution in [-0.2, 0) is 26.1 Å². The Morgan fingerprint density at radius 3 is 2.57 bits per heavy atom. The molecule has 10 heteroatoms. The zero-order chi connectivity index (χ0) is 20.7. The van der Waals surface area contributed by atoms with Crippen LogP contribution >= 0.6 is 11.6 Å². The fourth-order valence-corrected chi connectivity index (χ4v) is 4.11. The second-order valence-corrected chi connectivity index (χ2v) is 8.08. The first-order valence-electron chi connectivity index (χ1n) is 8.39. The summed E-state index contributed by atoms with van der Waals surface area (Å²) in [7, 11) is -4.12. The Labute approximate surface area is 167 Å². The molecule has 2 aromatic rings. The van der Waals surface area contributed by atoms with Crippen LogP contribution in [-0.4, -0.2) is 36.8 Å². The molecule has 8 nitrogen and oxygen atoms in total. The van der Waals surface area contributed by atoms with Crippen molar-refractivity contribution in [2.24, 2.45) is 0 Å². The number of carbonyl (C=O) groups is 1.